The molecule has 1 aliphatic rings. The first-order chi connectivity index (χ1) is 20.2. The molecule has 0 radical (unpaired) electrons. The van der Waals surface area contributed by atoms with Crippen molar-refractivity contribution in [2.45, 2.75) is 25.3 Å². The van der Waals surface area contributed by atoms with Crippen molar-refractivity contribution in [2.75, 3.05) is 11.9 Å². The van der Waals surface area contributed by atoms with Crippen molar-refractivity contribution >= 4 is 46.0 Å². The zero-order valence-electron chi connectivity index (χ0n) is 22.3. The minimum absolute atomic E-state index is 0.0405. The van der Waals surface area contributed by atoms with Crippen LogP contribution in [-0.4, -0.2) is 55.1 Å². The van der Waals surface area contributed by atoms with Crippen LogP contribution in [-0.2, 0) is 4.79 Å². The van der Waals surface area contributed by atoms with E-state index in [4.69, 9.17) is 11.6 Å². The third-order valence-corrected chi connectivity index (χ3v) is 7.97. The number of carbonyl (C=O) groups excluding carboxylic acids is 2. The second-order valence-corrected chi connectivity index (χ2v) is 10.6. The van der Waals surface area contributed by atoms with E-state index >= 15 is 0 Å². The molecule has 1 saturated heterocycles. The van der Waals surface area contributed by atoms with Crippen LogP contribution in [0.15, 0.2) is 79.0 Å². The van der Waals surface area contributed by atoms with Crippen molar-refractivity contribution in [1.82, 2.24) is 19.7 Å². The highest BCUT2D eigenvalue weighted by atomic mass is 35.5. The number of carbonyl (C=O) groups is 3. The van der Waals surface area contributed by atoms with Crippen molar-refractivity contribution < 1.29 is 23.9 Å². The van der Waals surface area contributed by atoms with Crippen LogP contribution in [0.3, 0.4) is 0 Å². The molecule has 11 heteroatoms. The first-order valence-electron chi connectivity index (χ1n) is 13.2. The van der Waals surface area contributed by atoms with Gasteiger partial charge in [0.1, 0.15) is 17.4 Å². The molecule has 212 valence electrons. The topological polar surface area (TPSA) is 120 Å². The molecule has 0 unspecified atom stereocenters. The summed E-state index contributed by atoms with van der Waals surface area (Å²) in [6, 6.07) is 19.8. The number of hydrogen-bond donors (Lipinski definition) is 3. The summed E-state index contributed by atoms with van der Waals surface area (Å²) in [6.45, 7) is 1.99. The lowest BCUT2D eigenvalue weighted by molar-refractivity contribution is -0.120. The quantitative estimate of drug-likeness (QED) is 0.233. The molecule has 2 atom stereocenters. The lowest BCUT2D eigenvalue weighted by Crippen LogP contribution is -2.45. The summed E-state index contributed by atoms with van der Waals surface area (Å²) >= 11 is 5.97. The number of aromatic nitrogens is 3. The fourth-order valence-electron chi connectivity index (χ4n) is 5.61. The molecule has 0 bridgehead atoms. The lowest BCUT2D eigenvalue weighted by atomic mass is 9.91. The predicted molar refractivity (Wildman–Crippen MR) is 156 cm³/mol. The van der Waals surface area contributed by atoms with E-state index in [2.05, 4.69) is 15.4 Å². The number of fused-ring (bicyclic) bond motifs is 1. The minimum atomic E-state index is -1.08. The highest BCUT2D eigenvalue weighted by Gasteiger charge is 2.43. The largest absolute Gasteiger partial charge is 0.477 e. The van der Waals surface area contributed by atoms with E-state index < -0.39 is 23.7 Å². The van der Waals surface area contributed by atoms with Gasteiger partial charge in [0.2, 0.25) is 5.91 Å². The summed E-state index contributed by atoms with van der Waals surface area (Å²) in [5.74, 6) is -2.78. The van der Waals surface area contributed by atoms with Gasteiger partial charge >= 0.3 is 5.97 Å². The number of aromatic amines is 1. The van der Waals surface area contributed by atoms with E-state index in [0.29, 0.717) is 35.2 Å². The molecule has 0 spiro atoms. The Morgan fingerprint density at radius 2 is 1.86 bits per heavy atom. The SMILES string of the molecule is Cc1c(C(=O)N2CC[C@H](c3ccccc3)[C@H]2C(=O)Nc2ccc3[nH]c(C(=O)O)cc3c2)cnn1-c1cccc(Cl)c1F. The monoisotopic (exact) mass is 585 g/mol. The van der Waals surface area contributed by atoms with Gasteiger partial charge in [0.25, 0.3) is 5.91 Å². The third-order valence-electron chi connectivity index (χ3n) is 7.67. The number of rotatable bonds is 6. The number of carboxylic acids is 1. The molecule has 0 saturated carbocycles. The van der Waals surface area contributed by atoms with Crippen LogP contribution >= 0.6 is 11.6 Å². The molecule has 2 amide bonds. The van der Waals surface area contributed by atoms with Crippen molar-refractivity contribution in [3.63, 3.8) is 0 Å². The van der Waals surface area contributed by atoms with Gasteiger partial charge < -0.3 is 20.3 Å². The maximum Gasteiger partial charge on any atom is 0.352 e. The number of nitrogens with one attached hydrogen (secondary N) is 2. The molecule has 9 nitrogen and oxygen atoms in total. The van der Waals surface area contributed by atoms with Crippen molar-refractivity contribution in [3.05, 3.63) is 112 Å². The van der Waals surface area contributed by atoms with Crippen LogP contribution in [0.5, 0.6) is 0 Å². The Balaban J connectivity index is 1.33. The zero-order valence-corrected chi connectivity index (χ0v) is 23.1. The Kier molecular flexibility index (Phi) is 6.99. The normalized spacial score (nSPS) is 16.6. The molecule has 1 fully saturated rings. The van der Waals surface area contributed by atoms with Gasteiger partial charge in [-0.3, -0.25) is 9.59 Å². The van der Waals surface area contributed by atoms with Gasteiger partial charge in [0.05, 0.1) is 22.5 Å². The molecule has 5 aromatic rings. The number of aromatic carboxylic acids is 1. The molecule has 3 heterocycles. The minimum Gasteiger partial charge on any atom is -0.477 e. The average Bonchev–Trinajstić information content (AvgIpc) is 3.71. The number of halogens is 2. The highest BCUT2D eigenvalue weighted by Crippen LogP contribution is 2.36. The van der Waals surface area contributed by atoms with Crippen LogP contribution < -0.4 is 5.32 Å². The summed E-state index contributed by atoms with van der Waals surface area (Å²) in [4.78, 5) is 43.6. The highest BCUT2D eigenvalue weighted by molar-refractivity contribution is 6.30. The summed E-state index contributed by atoms with van der Waals surface area (Å²) in [7, 11) is 0. The number of carboxylic acid groups (broad SMARTS) is 1. The number of benzene rings is 3. The maximum atomic E-state index is 14.8. The molecule has 3 N–H and O–H groups in total. The second kappa shape index (κ2) is 10.8. The van der Waals surface area contributed by atoms with Gasteiger partial charge in [-0.2, -0.15) is 5.10 Å². The molecular weight excluding hydrogens is 561 g/mol. The van der Waals surface area contributed by atoms with Gasteiger partial charge in [-0.05, 0) is 55.3 Å². The first-order valence-corrected chi connectivity index (χ1v) is 13.6. The Hall–Kier alpha value is -4.96. The molecule has 2 aromatic heterocycles. The summed E-state index contributed by atoms with van der Waals surface area (Å²) in [5.41, 5.74) is 2.82. The van der Waals surface area contributed by atoms with Crippen LogP contribution in [0.2, 0.25) is 5.02 Å². The van der Waals surface area contributed by atoms with E-state index in [1.165, 1.54) is 34.0 Å². The fourth-order valence-corrected chi connectivity index (χ4v) is 5.78. The van der Waals surface area contributed by atoms with E-state index in [1.807, 2.05) is 30.3 Å². The summed E-state index contributed by atoms with van der Waals surface area (Å²) < 4.78 is 16.1. The van der Waals surface area contributed by atoms with Crippen LogP contribution in [0.25, 0.3) is 16.6 Å². The molecule has 0 aliphatic carbocycles. The molecular formula is C31H25ClFN5O4. The number of likely N-dealkylation sites (tertiary alicyclic amines) is 1. The van der Waals surface area contributed by atoms with Gasteiger partial charge in [-0.1, -0.05) is 48.0 Å². The van der Waals surface area contributed by atoms with Crippen LogP contribution in [0.1, 0.15) is 44.4 Å². The smallest absolute Gasteiger partial charge is 0.352 e. The van der Waals surface area contributed by atoms with Crippen molar-refractivity contribution in [1.29, 1.82) is 0 Å². The molecule has 1 aliphatic heterocycles. The van der Waals surface area contributed by atoms with E-state index in [1.54, 1.807) is 31.2 Å². The lowest BCUT2D eigenvalue weighted by Gasteiger charge is -2.27. The summed E-state index contributed by atoms with van der Waals surface area (Å²) in [6.07, 6.45) is 1.94. The van der Waals surface area contributed by atoms with E-state index in [9.17, 15) is 23.9 Å². The Morgan fingerprint density at radius 3 is 2.62 bits per heavy atom. The number of nitrogens with zero attached hydrogens (tertiary/aromatic N) is 3. The Bertz CT molecular complexity index is 1850. The fraction of sp³-hybridized carbons (Fsp3) is 0.161. The average molecular weight is 586 g/mol. The maximum absolute atomic E-state index is 14.8. The van der Waals surface area contributed by atoms with Gasteiger partial charge in [0.15, 0.2) is 5.82 Å². The molecule has 6 rings (SSSR count). The van der Waals surface area contributed by atoms with Crippen LogP contribution in [0, 0.1) is 12.7 Å². The van der Waals surface area contributed by atoms with Gasteiger partial charge in [0, 0.05) is 29.1 Å². The van der Waals surface area contributed by atoms with E-state index in [-0.39, 0.29) is 33.8 Å². The standard InChI is InChI=1S/C31H25ClFN5O4/c1-17-22(16-34-38(17)26-9-5-8-23(32)27(26)33)30(40)37-13-12-21(18-6-3-2-4-7-18)28(37)29(39)35-20-10-11-24-19(14-20)15-25(36-24)31(41)42/h2-11,14-16,21,28,36H,12-13H2,1H3,(H,35,39)(H,41,42)/t21-,28+/m1/s1. The third kappa shape index (κ3) is 4.79. The van der Waals surface area contributed by atoms with Gasteiger partial charge in [-0.25, -0.2) is 13.9 Å². The Labute approximate surface area is 244 Å². The Morgan fingerprint density at radius 1 is 1.07 bits per heavy atom. The number of amides is 2. The predicted octanol–water partition coefficient (Wildman–Crippen LogP) is 5.79. The van der Waals surface area contributed by atoms with Crippen LogP contribution in [0.4, 0.5) is 10.1 Å². The second-order valence-electron chi connectivity index (χ2n) is 10.2. The molecule has 3 aromatic carbocycles. The van der Waals surface area contributed by atoms with Crippen molar-refractivity contribution in [3.8, 4) is 5.69 Å². The summed E-state index contributed by atoms with van der Waals surface area (Å²) in [5, 5.41) is 17.1. The first kappa shape index (κ1) is 27.2. The van der Waals surface area contributed by atoms with Crippen molar-refractivity contribution in [2.24, 2.45) is 0 Å². The molecule has 42 heavy (non-hydrogen) atoms. The number of hydrogen-bond acceptors (Lipinski definition) is 4. The van der Waals surface area contributed by atoms with Gasteiger partial charge in [-0.15, -0.1) is 0 Å². The number of H-pyrrole nitrogens is 1. The zero-order chi connectivity index (χ0) is 29.5. The van der Waals surface area contributed by atoms with E-state index in [0.717, 1.165) is 5.56 Å². The number of anilines is 1.